The molecule has 1 aromatic carbocycles. The Hall–Kier alpha value is -2.58. The van der Waals surface area contributed by atoms with E-state index in [2.05, 4.69) is 10.6 Å². The van der Waals surface area contributed by atoms with Gasteiger partial charge in [-0.15, -0.1) is 0 Å². The Morgan fingerprint density at radius 3 is 2.55 bits per heavy atom. The highest BCUT2D eigenvalue weighted by Crippen LogP contribution is 2.39. The summed E-state index contributed by atoms with van der Waals surface area (Å²) in [5, 5.41) is 5.18. The van der Waals surface area contributed by atoms with Crippen LogP contribution in [0, 0.1) is 5.92 Å². The molecule has 0 aromatic heterocycles. The summed E-state index contributed by atoms with van der Waals surface area (Å²) in [4.78, 5) is 38.4. The Bertz CT molecular complexity index is 827. The monoisotopic (exact) mass is 411 g/mol. The van der Waals surface area contributed by atoms with Crippen molar-refractivity contribution in [2.45, 2.75) is 57.3 Å². The molecule has 3 rings (SSSR count). The third-order valence-electron chi connectivity index (χ3n) is 5.81. The molecule has 1 heterocycles. The van der Waals surface area contributed by atoms with Crippen LogP contribution in [0.4, 0.5) is 18.0 Å². The predicted octanol–water partition coefficient (Wildman–Crippen LogP) is 3.17. The number of hydrogen-bond donors (Lipinski definition) is 2. The first-order chi connectivity index (χ1) is 13.5. The lowest BCUT2D eigenvalue weighted by Crippen LogP contribution is -2.47. The molecule has 3 atom stereocenters. The van der Waals surface area contributed by atoms with Crippen LogP contribution in [0.5, 0.6) is 0 Å². The van der Waals surface area contributed by atoms with Crippen molar-refractivity contribution in [3.63, 3.8) is 0 Å². The summed E-state index contributed by atoms with van der Waals surface area (Å²) in [5.41, 5.74) is -3.25. The third-order valence-corrected chi connectivity index (χ3v) is 5.81. The van der Waals surface area contributed by atoms with Crippen molar-refractivity contribution in [1.29, 1.82) is 0 Å². The molecule has 1 aromatic rings. The minimum atomic E-state index is -4.69. The fraction of sp³-hybridized carbons (Fsp3) is 0.550. The normalized spacial score (nSPS) is 27.7. The van der Waals surface area contributed by atoms with Gasteiger partial charge in [0.25, 0.3) is 5.91 Å². The van der Waals surface area contributed by atoms with E-state index in [1.807, 2.05) is 6.92 Å². The maximum atomic E-state index is 13.4. The van der Waals surface area contributed by atoms with Gasteiger partial charge in [0.2, 0.25) is 5.91 Å². The molecule has 158 valence electrons. The third kappa shape index (κ3) is 4.09. The summed E-state index contributed by atoms with van der Waals surface area (Å²) in [6, 6.07) is 3.69. The summed E-state index contributed by atoms with van der Waals surface area (Å²) in [6.45, 7) is 2.72. The van der Waals surface area contributed by atoms with Gasteiger partial charge in [-0.3, -0.25) is 14.5 Å². The van der Waals surface area contributed by atoms with E-state index in [1.54, 1.807) is 0 Å². The number of carbonyl (C=O) groups excluding carboxylic acids is 3. The van der Waals surface area contributed by atoms with Gasteiger partial charge in [-0.2, -0.15) is 13.2 Å². The Morgan fingerprint density at radius 1 is 1.24 bits per heavy atom. The van der Waals surface area contributed by atoms with Crippen molar-refractivity contribution in [3.8, 4) is 0 Å². The van der Waals surface area contributed by atoms with Gasteiger partial charge in [-0.05, 0) is 37.3 Å². The number of alkyl halides is 3. The molecule has 1 saturated carbocycles. The zero-order chi connectivity index (χ0) is 21.4. The predicted molar refractivity (Wildman–Crippen MR) is 98.6 cm³/mol. The Labute approximate surface area is 166 Å². The van der Waals surface area contributed by atoms with E-state index in [9.17, 15) is 27.6 Å². The van der Waals surface area contributed by atoms with E-state index in [-0.39, 0.29) is 11.6 Å². The number of carbonyl (C=O) groups is 3. The molecular formula is C20H24F3N3O3. The Kier molecular flexibility index (Phi) is 5.60. The first kappa shape index (κ1) is 21.1. The Morgan fingerprint density at radius 2 is 1.90 bits per heavy atom. The number of urea groups is 1. The van der Waals surface area contributed by atoms with Gasteiger partial charge in [0.05, 0.1) is 5.56 Å². The van der Waals surface area contributed by atoms with E-state index in [4.69, 9.17) is 0 Å². The van der Waals surface area contributed by atoms with E-state index >= 15 is 0 Å². The summed E-state index contributed by atoms with van der Waals surface area (Å²) >= 11 is 0. The molecule has 0 unspecified atom stereocenters. The van der Waals surface area contributed by atoms with E-state index < -0.39 is 41.7 Å². The molecule has 2 N–H and O–H groups in total. The first-order valence-corrected chi connectivity index (χ1v) is 9.64. The quantitative estimate of drug-likeness (QED) is 0.747. The second kappa shape index (κ2) is 7.68. The molecule has 29 heavy (non-hydrogen) atoms. The fourth-order valence-electron chi connectivity index (χ4n) is 4.12. The number of rotatable bonds is 4. The van der Waals surface area contributed by atoms with Gasteiger partial charge in [0.15, 0.2) is 0 Å². The number of nitrogens with zero attached hydrogens (tertiary/aromatic N) is 1. The second-order valence-electron chi connectivity index (χ2n) is 7.93. The van der Waals surface area contributed by atoms with Crippen molar-refractivity contribution in [3.05, 3.63) is 35.4 Å². The van der Waals surface area contributed by atoms with Gasteiger partial charge in [-0.25, -0.2) is 4.79 Å². The lowest BCUT2D eigenvalue weighted by molar-refractivity contribution is -0.140. The highest BCUT2D eigenvalue weighted by molar-refractivity contribution is 6.09. The van der Waals surface area contributed by atoms with E-state index in [0.29, 0.717) is 10.8 Å². The van der Waals surface area contributed by atoms with Crippen molar-refractivity contribution in [1.82, 2.24) is 15.5 Å². The molecular weight excluding hydrogens is 387 g/mol. The second-order valence-corrected chi connectivity index (χ2v) is 7.93. The minimum Gasteiger partial charge on any atom is -0.352 e. The standard InChI is InChI=1S/C20H24F3N3O3/c1-12-7-3-6-10-15(12)24-16(27)11-26-17(28)19(2,25-18(26)29)13-8-4-5-9-14(13)20(21,22)23/h4-5,8-9,12,15H,3,6-7,10-11H2,1-2H3,(H,24,27)(H,25,29)/t12-,15-,19-/m1/s1. The van der Waals surface area contributed by atoms with Gasteiger partial charge in [0.1, 0.15) is 12.1 Å². The molecule has 1 saturated heterocycles. The molecule has 2 aliphatic rings. The molecule has 0 radical (unpaired) electrons. The molecule has 0 spiro atoms. The topological polar surface area (TPSA) is 78.5 Å². The maximum absolute atomic E-state index is 13.4. The molecule has 6 nitrogen and oxygen atoms in total. The van der Waals surface area contributed by atoms with Crippen LogP contribution in [0.1, 0.15) is 50.7 Å². The van der Waals surface area contributed by atoms with Gasteiger partial charge < -0.3 is 10.6 Å². The van der Waals surface area contributed by atoms with Gasteiger partial charge >= 0.3 is 12.2 Å². The SMILES string of the molecule is C[C@@H]1CCCC[C@H]1NC(=O)CN1C(=O)N[C@](C)(c2ccccc2C(F)(F)F)C1=O. The summed E-state index contributed by atoms with van der Waals surface area (Å²) in [5.74, 6) is -1.09. The number of imide groups is 1. The Balaban J connectivity index is 1.78. The average molecular weight is 411 g/mol. The molecule has 0 bridgehead atoms. The van der Waals surface area contributed by atoms with Crippen LogP contribution < -0.4 is 10.6 Å². The van der Waals surface area contributed by atoms with Crippen LogP contribution in [-0.4, -0.2) is 35.3 Å². The van der Waals surface area contributed by atoms with Crippen LogP contribution in [0.25, 0.3) is 0 Å². The highest BCUT2D eigenvalue weighted by atomic mass is 19.4. The fourth-order valence-corrected chi connectivity index (χ4v) is 4.12. The van der Waals surface area contributed by atoms with Crippen molar-refractivity contribution in [2.75, 3.05) is 6.54 Å². The molecule has 4 amide bonds. The van der Waals surface area contributed by atoms with E-state index in [0.717, 1.165) is 37.8 Å². The van der Waals surface area contributed by atoms with Crippen LogP contribution >= 0.6 is 0 Å². The largest absolute Gasteiger partial charge is 0.416 e. The van der Waals surface area contributed by atoms with Crippen molar-refractivity contribution < 1.29 is 27.6 Å². The number of benzene rings is 1. The summed E-state index contributed by atoms with van der Waals surface area (Å²) in [6.07, 6.45) is -0.793. The van der Waals surface area contributed by atoms with Crippen LogP contribution in [0.2, 0.25) is 0 Å². The number of hydrogen-bond acceptors (Lipinski definition) is 3. The molecule has 9 heteroatoms. The highest BCUT2D eigenvalue weighted by Gasteiger charge is 2.52. The lowest BCUT2D eigenvalue weighted by Gasteiger charge is -2.30. The first-order valence-electron chi connectivity index (χ1n) is 9.64. The zero-order valence-electron chi connectivity index (χ0n) is 16.3. The van der Waals surface area contributed by atoms with Gasteiger partial charge in [0, 0.05) is 6.04 Å². The number of halogens is 3. The average Bonchev–Trinajstić information content (AvgIpc) is 2.87. The summed E-state index contributed by atoms with van der Waals surface area (Å²) < 4.78 is 40.2. The van der Waals surface area contributed by atoms with E-state index in [1.165, 1.54) is 19.1 Å². The molecule has 1 aliphatic heterocycles. The van der Waals surface area contributed by atoms with Crippen LogP contribution in [0.15, 0.2) is 24.3 Å². The van der Waals surface area contributed by atoms with Crippen LogP contribution in [-0.2, 0) is 21.3 Å². The van der Waals surface area contributed by atoms with Crippen LogP contribution in [0.3, 0.4) is 0 Å². The minimum absolute atomic E-state index is 0.0330. The van der Waals surface area contributed by atoms with Gasteiger partial charge in [-0.1, -0.05) is 38.0 Å². The summed E-state index contributed by atoms with van der Waals surface area (Å²) in [7, 11) is 0. The lowest BCUT2D eigenvalue weighted by atomic mass is 9.86. The number of nitrogens with one attached hydrogen (secondary N) is 2. The molecule has 1 aliphatic carbocycles. The van der Waals surface area contributed by atoms with Crippen molar-refractivity contribution >= 4 is 17.8 Å². The maximum Gasteiger partial charge on any atom is 0.416 e. The zero-order valence-corrected chi connectivity index (χ0v) is 16.3. The van der Waals surface area contributed by atoms with Crippen molar-refractivity contribution in [2.24, 2.45) is 5.92 Å². The molecule has 2 fully saturated rings. The smallest absolute Gasteiger partial charge is 0.352 e. The number of amides is 4.